The van der Waals surface area contributed by atoms with E-state index in [2.05, 4.69) is 11.8 Å². The third kappa shape index (κ3) is 4.01. The standard InChI is InChI=1S/C16H12F3NO/c17-13-4-3-12(11(8-13)2-1-7-20)10-21-16-9-14(18)5-6-15(16)19/h3-6,8-9H,7,10,20H2. The fourth-order valence-corrected chi connectivity index (χ4v) is 1.68. The lowest BCUT2D eigenvalue weighted by Crippen LogP contribution is -2.01. The molecule has 0 aliphatic heterocycles. The average molecular weight is 291 g/mol. The number of hydrogen-bond donors (Lipinski definition) is 1. The highest BCUT2D eigenvalue weighted by atomic mass is 19.1. The van der Waals surface area contributed by atoms with Crippen molar-refractivity contribution < 1.29 is 17.9 Å². The van der Waals surface area contributed by atoms with E-state index in [0.29, 0.717) is 11.1 Å². The molecule has 0 radical (unpaired) electrons. The van der Waals surface area contributed by atoms with Crippen LogP contribution in [0.3, 0.4) is 0 Å². The molecule has 0 spiro atoms. The summed E-state index contributed by atoms with van der Waals surface area (Å²) in [5.74, 6) is 3.39. The summed E-state index contributed by atoms with van der Waals surface area (Å²) in [4.78, 5) is 0. The van der Waals surface area contributed by atoms with Crippen LogP contribution in [0.15, 0.2) is 36.4 Å². The zero-order valence-corrected chi connectivity index (χ0v) is 11.0. The first kappa shape index (κ1) is 14.9. The van der Waals surface area contributed by atoms with Gasteiger partial charge in [0.2, 0.25) is 0 Å². The van der Waals surface area contributed by atoms with Crippen LogP contribution >= 0.6 is 0 Å². The van der Waals surface area contributed by atoms with Gasteiger partial charge in [-0.15, -0.1) is 0 Å². The van der Waals surface area contributed by atoms with Crippen molar-refractivity contribution in [3.05, 3.63) is 65.0 Å². The summed E-state index contributed by atoms with van der Waals surface area (Å²) in [5, 5.41) is 0. The zero-order chi connectivity index (χ0) is 15.2. The van der Waals surface area contributed by atoms with Crippen LogP contribution in [0.5, 0.6) is 5.75 Å². The quantitative estimate of drug-likeness (QED) is 0.882. The van der Waals surface area contributed by atoms with E-state index < -0.39 is 17.5 Å². The molecule has 0 fully saturated rings. The predicted molar refractivity (Wildman–Crippen MR) is 73.0 cm³/mol. The molecule has 0 unspecified atom stereocenters. The molecule has 2 rings (SSSR count). The van der Waals surface area contributed by atoms with Gasteiger partial charge in [-0.25, -0.2) is 13.2 Å². The minimum Gasteiger partial charge on any atom is -0.486 e. The number of benzene rings is 2. The Morgan fingerprint density at radius 2 is 1.71 bits per heavy atom. The Kier molecular flexibility index (Phi) is 4.85. The molecule has 2 aromatic carbocycles. The molecule has 0 amide bonds. The van der Waals surface area contributed by atoms with Crippen molar-refractivity contribution in [3.8, 4) is 17.6 Å². The van der Waals surface area contributed by atoms with E-state index in [1.54, 1.807) is 0 Å². The maximum atomic E-state index is 13.4. The Bertz CT molecular complexity index is 704. The van der Waals surface area contributed by atoms with Crippen LogP contribution in [0.1, 0.15) is 11.1 Å². The number of halogens is 3. The van der Waals surface area contributed by atoms with E-state index in [4.69, 9.17) is 10.5 Å². The lowest BCUT2D eigenvalue weighted by molar-refractivity contribution is 0.288. The van der Waals surface area contributed by atoms with Gasteiger partial charge in [-0.1, -0.05) is 17.9 Å². The second-order valence-corrected chi connectivity index (χ2v) is 4.17. The van der Waals surface area contributed by atoms with Gasteiger partial charge in [0, 0.05) is 17.2 Å². The lowest BCUT2D eigenvalue weighted by Gasteiger charge is -2.09. The van der Waals surface area contributed by atoms with Crippen molar-refractivity contribution in [1.82, 2.24) is 0 Å². The van der Waals surface area contributed by atoms with Gasteiger partial charge in [0.1, 0.15) is 18.2 Å². The highest BCUT2D eigenvalue weighted by Gasteiger charge is 2.08. The molecule has 108 valence electrons. The summed E-state index contributed by atoms with van der Waals surface area (Å²) in [6.07, 6.45) is 0. The van der Waals surface area contributed by atoms with Gasteiger partial charge in [-0.3, -0.25) is 0 Å². The first-order valence-corrected chi connectivity index (χ1v) is 6.15. The normalized spacial score (nSPS) is 9.90. The summed E-state index contributed by atoms with van der Waals surface area (Å²) in [7, 11) is 0. The molecule has 5 heteroatoms. The molecule has 2 N–H and O–H groups in total. The van der Waals surface area contributed by atoms with Gasteiger partial charge >= 0.3 is 0 Å². The van der Waals surface area contributed by atoms with Crippen LogP contribution in [-0.4, -0.2) is 6.54 Å². The zero-order valence-electron chi connectivity index (χ0n) is 11.0. The maximum Gasteiger partial charge on any atom is 0.165 e. The summed E-state index contributed by atoms with van der Waals surface area (Å²) < 4.78 is 44.9. The van der Waals surface area contributed by atoms with E-state index in [-0.39, 0.29) is 18.9 Å². The number of rotatable bonds is 3. The molecule has 0 bridgehead atoms. The van der Waals surface area contributed by atoms with Gasteiger partial charge in [-0.05, 0) is 24.3 Å². The third-order valence-electron chi connectivity index (χ3n) is 2.67. The van der Waals surface area contributed by atoms with E-state index in [1.165, 1.54) is 18.2 Å². The fraction of sp³-hybridized carbons (Fsp3) is 0.125. The maximum absolute atomic E-state index is 13.4. The van der Waals surface area contributed by atoms with Crippen molar-refractivity contribution in [3.63, 3.8) is 0 Å². The lowest BCUT2D eigenvalue weighted by atomic mass is 10.1. The van der Waals surface area contributed by atoms with Crippen LogP contribution < -0.4 is 10.5 Å². The van der Waals surface area contributed by atoms with Crippen LogP contribution in [0.2, 0.25) is 0 Å². The van der Waals surface area contributed by atoms with Crippen molar-refractivity contribution >= 4 is 0 Å². The van der Waals surface area contributed by atoms with Gasteiger partial charge in [0.05, 0.1) is 6.54 Å². The molecular weight excluding hydrogens is 279 g/mol. The molecule has 0 heterocycles. The fourth-order valence-electron chi connectivity index (χ4n) is 1.68. The molecule has 0 aromatic heterocycles. The molecule has 0 saturated heterocycles. The number of ether oxygens (including phenoxy) is 1. The first-order chi connectivity index (χ1) is 10.1. The van der Waals surface area contributed by atoms with E-state index in [1.807, 2.05) is 0 Å². The van der Waals surface area contributed by atoms with Crippen LogP contribution in [0, 0.1) is 29.3 Å². The highest BCUT2D eigenvalue weighted by Crippen LogP contribution is 2.20. The Labute approximate surface area is 120 Å². The average Bonchev–Trinajstić information content (AvgIpc) is 2.47. The minimum atomic E-state index is -0.673. The summed E-state index contributed by atoms with van der Waals surface area (Å²) >= 11 is 0. The minimum absolute atomic E-state index is 0.0603. The molecule has 0 atom stereocenters. The summed E-state index contributed by atoms with van der Waals surface area (Å²) in [5.41, 5.74) is 6.23. The van der Waals surface area contributed by atoms with Gasteiger partial charge < -0.3 is 10.5 Å². The van der Waals surface area contributed by atoms with Crippen molar-refractivity contribution in [2.24, 2.45) is 5.73 Å². The van der Waals surface area contributed by atoms with E-state index >= 15 is 0 Å². The largest absolute Gasteiger partial charge is 0.486 e. The van der Waals surface area contributed by atoms with Crippen LogP contribution in [0.25, 0.3) is 0 Å². The molecule has 2 nitrogen and oxygen atoms in total. The Hall–Kier alpha value is -2.45. The van der Waals surface area contributed by atoms with Crippen LogP contribution in [-0.2, 0) is 6.61 Å². The highest BCUT2D eigenvalue weighted by molar-refractivity contribution is 5.42. The van der Waals surface area contributed by atoms with Crippen molar-refractivity contribution in [1.29, 1.82) is 0 Å². The number of nitrogens with two attached hydrogens (primary N) is 1. The summed E-state index contributed by atoms with van der Waals surface area (Å²) in [6, 6.07) is 6.89. The second-order valence-electron chi connectivity index (χ2n) is 4.17. The Morgan fingerprint density at radius 3 is 2.48 bits per heavy atom. The van der Waals surface area contributed by atoms with E-state index in [9.17, 15) is 13.2 Å². The van der Waals surface area contributed by atoms with Gasteiger partial charge in [0.15, 0.2) is 11.6 Å². The van der Waals surface area contributed by atoms with Crippen molar-refractivity contribution in [2.75, 3.05) is 6.54 Å². The molecule has 21 heavy (non-hydrogen) atoms. The van der Waals surface area contributed by atoms with Crippen LogP contribution in [0.4, 0.5) is 13.2 Å². The van der Waals surface area contributed by atoms with Gasteiger partial charge in [0.25, 0.3) is 0 Å². The Morgan fingerprint density at radius 1 is 1.00 bits per heavy atom. The monoisotopic (exact) mass is 291 g/mol. The number of hydrogen-bond acceptors (Lipinski definition) is 2. The van der Waals surface area contributed by atoms with Crippen molar-refractivity contribution in [2.45, 2.75) is 6.61 Å². The summed E-state index contributed by atoms with van der Waals surface area (Å²) in [6.45, 7) is 0.0740. The SMILES string of the molecule is NCC#Cc1cc(F)ccc1COc1cc(F)ccc1F. The molecular formula is C16H12F3NO. The predicted octanol–water partition coefficient (Wildman–Crippen LogP) is 2.99. The molecule has 0 saturated carbocycles. The van der Waals surface area contributed by atoms with E-state index in [0.717, 1.165) is 18.2 Å². The van der Waals surface area contributed by atoms with Gasteiger partial charge in [-0.2, -0.15) is 0 Å². The molecule has 2 aromatic rings. The Balaban J connectivity index is 2.21. The topological polar surface area (TPSA) is 35.2 Å². The molecule has 0 aliphatic carbocycles. The smallest absolute Gasteiger partial charge is 0.165 e. The third-order valence-corrected chi connectivity index (χ3v) is 2.67. The molecule has 0 aliphatic rings. The second kappa shape index (κ2) is 6.82. The first-order valence-electron chi connectivity index (χ1n) is 6.15.